The molecular weight excluding hydrogens is 248 g/mol. The minimum atomic E-state index is 0.0445. The van der Waals surface area contributed by atoms with Crippen LogP contribution in [0, 0.1) is 0 Å². The lowest BCUT2D eigenvalue weighted by atomic mass is 9.87. The number of pyridine rings is 1. The number of rotatable bonds is 6. The second kappa shape index (κ2) is 6.55. The fraction of sp³-hybridized carbons (Fsp3) is 0.688. The lowest BCUT2D eigenvalue weighted by Crippen LogP contribution is -2.51. The molecule has 0 amide bonds. The molecule has 1 aromatic rings. The van der Waals surface area contributed by atoms with E-state index in [9.17, 15) is 0 Å². The van der Waals surface area contributed by atoms with Gasteiger partial charge < -0.3 is 11.1 Å². The van der Waals surface area contributed by atoms with Crippen molar-refractivity contribution >= 4 is 5.69 Å². The Labute approximate surface area is 122 Å². The Hall–Kier alpha value is -1.13. The van der Waals surface area contributed by atoms with Crippen LogP contribution >= 0.6 is 0 Å². The molecule has 0 spiro atoms. The van der Waals surface area contributed by atoms with Crippen LogP contribution in [0.3, 0.4) is 0 Å². The first-order valence-electron chi connectivity index (χ1n) is 7.75. The molecule has 0 bridgehead atoms. The molecule has 1 atom stereocenters. The van der Waals surface area contributed by atoms with Crippen LogP contribution in [0.2, 0.25) is 0 Å². The molecule has 4 heteroatoms. The largest absolute Gasteiger partial charge is 0.398 e. The molecule has 0 aromatic carbocycles. The predicted octanol–water partition coefficient (Wildman–Crippen LogP) is 2.58. The Balaban J connectivity index is 2.29. The first kappa shape index (κ1) is 15.3. The number of anilines is 1. The molecule has 2 heterocycles. The zero-order chi connectivity index (χ0) is 14.6. The van der Waals surface area contributed by atoms with Crippen molar-refractivity contribution in [3.8, 4) is 0 Å². The number of hydrogen-bond acceptors (Lipinski definition) is 4. The van der Waals surface area contributed by atoms with E-state index < -0.39 is 0 Å². The van der Waals surface area contributed by atoms with Gasteiger partial charge in [-0.05, 0) is 58.8 Å². The summed E-state index contributed by atoms with van der Waals surface area (Å²) in [4.78, 5) is 6.85. The molecule has 4 nitrogen and oxygen atoms in total. The lowest BCUT2D eigenvalue weighted by molar-refractivity contribution is 0.107. The molecular formula is C16H28N4. The summed E-state index contributed by atoms with van der Waals surface area (Å²) in [6.07, 6.45) is 7.39. The maximum atomic E-state index is 6.19. The van der Waals surface area contributed by atoms with Crippen molar-refractivity contribution in [3.63, 3.8) is 0 Å². The SMILES string of the molecule is CCCNC(c1cnccc1N)C(C)(C)N1CCCC1. The normalized spacial score (nSPS) is 18.4. The Morgan fingerprint density at radius 3 is 2.70 bits per heavy atom. The molecule has 1 aliphatic heterocycles. The van der Waals surface area contributed by atoms with Crippen LogP contribution in [0.25, 0.3) is 0 Å². The van der Waals surface area contributed by atoms with Gasteiger partial charge in [-0.2, -0.15) is 0 Å². The third kappa shape index (κ3) is 3.13. The van der Waals surface area contributed by atoms with Crippen molar-refractivity contribution in [2.24, 2.45) is 0 Å². The first-order valence-corrected chi connectivity index (χ1v) is 7.75. The summed E-state index contributed by atoms with van der Waals surface area (Å²) in [7, 11) is 0. The van der Waals surface area contributed by atoms with Gasteiger partial charge in [0.2, 0.25) is 0 Å². The smallest absolute Gasteiger partial charge is 0.0537 e. The molecule has 0 aliphatic carbocycles. The predicted molar refractivity (Wildman–Crippen MR) is 84.6 cm³/mol. The lowest BCUT2D eigenvalue weighted by Gasteiger charge is -2.43. The number of hydrogen-bond donors (Lipinski definition) is 2. The quantitative estimate of drug-likeness (QED) is 0.838. The maximum absolute atomic E-state index is 6.19. The third-order valence-corrected chi connectivity index (χ3v) is 4.42. The van der Waals surface area contributed by atoms with Gasteiger partial charge in [0.1, 0.15) is 0 Å². The molecule has 112 valence electrons. The van der Waals surface area contributed by atoms with Crippen LogP contribution in [0.15, 0.2) is 18.5 Å². The van der Waals surface area contributed by atoms with Crippen molar-refractivity contribution in [1.29, 1.82) is 0 Å². The minimum absolute atomic E-state index is 0.0445. The second-order valence-corrected chi connectivity index (χ2v) is 6.24. The van der Waals surface area contributed by atoms with Crippen molar-refractivity contribution in [2.75, 3.05) is 25.4 Å². The van der Waals surface area contributed by atoms with Gasteiger partial charge in [-0.15, -0.1) is 0 Å². The molecule has 1 fully saturated rings. The van der Waals surface area contributed by atoms with Gasteiger partial charge in [0, 0.05) is 29.2 Å². The number of nitrogens with one attached hydrogen (secondary N) is 1. The van der Waals surface area contributed by atoms with Crippen LogP contribution in [0.4, 0.5) is 5.69 Å². The Bertz CT molecular complexity index is 424. The highest BCUT2D eigenvalue weighted by Gasteiger charge is 2.38. The van der Waals surface area contributed by atoms with Crippen LogP contribution in [-0.2, 0) is 0 Å². The molecule has 0 radical (unpaired) electrons. The van der Waals surface area contributed by atoms with Gasteiger partial charge >= 0.3 is 0 Å². The van der Waals surface area contributed by atoms with E-state index >= 15 is 0 Å². The zero-order valence-electron chi connectivity index (χ0n) is 13.0. The average Bonchev–Trinajstić information content (AvgIpc) is 2.95. The highest BCUT2D eigenvalue weighted by atomic mass is 15.2. The zero-order valence-corrected chi connectivity index (χ0v) is 13.0. The van der Waals surface area contributed by atoms with E-state index in [1.54, 1.807) is 6.20 Å². The van der Waals surface area contributed by atoms with E-state index in [1.165, 1.54) is 25.9 Å². The molecule has 3 N–H and O–H groups in total. The molecule has 0 saturated carbocycles. The minimum Gasteiger partial charge on any atom is -0.398 e. The number of nitrogen functional groups attached to an aromatic ring is 1. The Morgan fingerprint density at radius 2 is 2.10 bits per heavy atom. The Kier molecular flexibility index (Phi) is 5.00. The van der Waals surface area contributed by atoms with Crippen LogP contribution in [-0.4, -0.2) is 35.1 Å². The number of likely N-dealkylation sites (tertiary alicyclic amines) is 1. The van der Waals surface area contributed by atoms with Crippen LogP contribution < -0.4 is 11.1 Å². The molecule has 1 saturated heterocycles. The summed E-state index contributed by atoms with van der Waals surface area (Å²) in [5.74, 6) is 0. The summed E-state index contributed by atoms with van der Waals surface area (Å²) in [5.41, 5.74) is 8.19. The van der Waals surface area contributed by atoms with Crippen LogP contribution in [0.1, 0.15) is 51.6 Å². The van der Waals surface area contributed by atoms with E-state index in [1.807, 2.05) is 12.3 Å². The van der Waals surface area contributed by atoms with Gasteiger partial charge in [-0.1, -0.05) is 6.92 Å². The molecule has 1 aliphatic rings. The topological polar surface area (TPSA) is 54.2 Å². The van der Waals surface area contributed by atoms with Gasteiger partial charge in [0.25, 0.3) is 0 Å². The monoisotopic (exact) mass is 276 g/mol. The third-order valence-electron chi connectivity index (χ3n) is 4.42. The highest BCUT2D eigenvalue weighted by Crippen LogP contribution is 2.35. The number of aromatic nitrogens is 1. The van der Waals surface area contributed by atoms with Crippen molar-refractivity contribution in [3.05, 3.63) is 24.0 Å². The highest BCUT2D eigenvalue weighted by molar-refractivity contribution is 5.47. The van der Waals surface area contributed by atoms with Crippen molar-refractivity contribution < 1.29 is 0 Å². The number of nitrogens with two attached hydrogens (primary N) is 1. The number of nitrogens with zero attached hydrogens (tertiary/aromatic N) is 2. The van der Waals surface area contributed by atoms with Gasteiger partial charge in [-0.3, -0.25) is 9.88 Å². The second-order valence-electron chi connectivity index (χ2n) is 6.24. The van der Waals surface area contributed by atoms with Crippen molar-refractivity contribution in [1.82, 2.24) is 15.2 Å². The fourth-order valence-electron chi connectivity index (χ4n) is 3.16. The maximum Gasteiger partial charge on any atom is 0.0537 e. The fourth-order valence-corrected chi connectivity index (χ4v) is 3.16. The van der Waals surface area contributed by atoms with Gasteiger partial charge in [-0.25, -0.2) is 0 Å². The van der Waals surface area contributed by atoms with Crippen LogP contribution in [0.5, 0.6) is 0 Å². The molecule has 1 unspecified atom stereocenters. The first-order chi connectivity index (χ1) is 9.57. The summed E-state index contributed by atoms with van der Waals surface area (Å²) < 4.78 is 0. The summed E-state index contributed by atoms with van der Waals surface area (Å²) >= 11 is 0. The molecule has 1 aromatic heterocycles. The van der Waals surface area contributed by atoms with E-state index in [-0.39, 0.29) is 11.6 Å². The standard InChI is InChI=1S/C16H28N4/c1-4-8-19-15(13-12-18-9-7-14(13)17)16(2,3)20-10-5-6-11-20/h7,9,12,15,19H,4-6,8,10-11H2,1-3H3,(H2,17,18). The van der Waals surface area contributed by atoms with E-state index in [0.717, 1.165) is 24.2 Å². The Morgan fingerprint density at radius 1 is 1.40 bits per heavy atom. The van der Waals surface area contributed by atoms with E-state index in [2.05, 4.69) is 36.0 Å². The summed E-state index contributed by atoms with van der Waals surface area (Å²) in [6.45, 7) is 10.2. The molecule has 20 heavy (non-hydrogen) atoms. The molecule has 2 rings (SSSR count). The van der Waals surface area contributed by atoms with E-state index in [0.29, 0.717) is 0 Å². The van der Waals surface area contributed by atoms with E-state index in [4.69, 9.17) is 5.73 Å². The van der Waals surface area contributed by atoms with Crippen molar-refractivity contribution in [2.45, 2.75) is 51.6 Å². The van der Waals surface area contributed by atoms with Gasteiger partial charge in [0.05, 0.1) is 6.04 Å². The van der Waals surface area contributed by atoms with Gasteiger partial charge in [0.15, 0.2) is 0 Å². The summed E-state index contributed by atoms with van der Waals surface area (Å²) in [5, 5.41) is 3.68. The average molecular weight is 276 g/mol. The summed E-state index contributed by atoms with van der Waals surface area (Å²) in [6, 6.07) is 2.12.